The minimum atomic E-state index is 0.526. The molecular formula is C18H28BrNO. The Balaban J connectivity index is 1.83. The summed E-state index contributed by atoms with van der Waals surface area (Å²) in [6, 6.07) is 9.29. The number of benzene rings is 1. The zero-order valence-corrected chi connectivity index (χ0v) is 14.9. The van der Waals surface area contributed by atoms with Crippen LogP contribution in [0.2, 0.25) is 0 Å². The Morgan fingerprint density at radius 2 is 2.14 bits per heavy atom. The van der Waals surface area contributed by atoms with E-state index in [0.29, 0.717) is 12.1 Å². The maximum atomic E-state index is 5.68. The zero-order valence-electron chi connectivity index (χ0n) is 13.3. The maximum absolute atomic E-state index is 5.68. The Morgan fingerprint density at radius 1 is 1.33 bits per heavy atom. The highest BCUT2D eigenvalue weighted by molar-refractivity contribution is 9.10. The first-order chi connectivity index (χ1) is 10.2. The fraction of sp³-hybridized carbons (Fsp3) is 0.667. The lowest BCUT2D eigenvalue weighted by Gasteiger charge is -2.37. The molecule has 2 rings (SSSR count). The lowest BCUT2D eigenvalue weighted by atomic mass is 9.77. The normalized spacial score (nSPS) is 22.8. The van der Waals surface area contributed by atoms with E-state index in [2.05, 4.69) is 59.4 Å². The number of hydrogen-bond donors (Lipinski definition) is 1. The molecule has 1 saturated carbocycles. The predicted molar refractivity (Wildman–Crippen MR) is 92.7 cm³/mol. The van der Waals surface area contributed by atoms with Gasteiger partial charge in [0.25, 0.3) is 0 Å². The van der Waals surface area contributed by atoms with Crippen molar-refractivity contribution in [2.75, 3.05) is 13.2 Å². The number of hydrogen-bond acceptors (Lipinski definition) is 2. The second kappa shape index (κ2) is 8.92. The summed E-state index contributed by atoms with van der Waals surface area (Å²) in [6.07, 6.45) is 6.61. The van der Waals surface area contributed by atoms with Crippen molar-refractivity contribution in [1.82, 2.24) is 5.32 Å². The molecular weight excluding hydrogens is 326 g/mol. The van der Waals surface area contributed by atoms with Crippen molar-refractivity contribution in [2.24, 2.45) is 5.92 Å². The fourth-order valence-electron chi connectivity index (χ4n) is 3.18. The molecule has 0 spiro atoms. The second-order valence-corrected chi connectivity index (χ2v) is 7.05. The molecule has 0 saturated heterocycles. The SMILES string of the molecule is CCCNC(Cc1cccc(Br)c1)CC1CC(OCC)C1. The number of ether oxygens (including phenoxy) is 1. The zero-order chi connectivity index (χ0) is 15.1. The van der Waals surface area contributed by atoms with Gasteiger partial charge in [-0.3, -0.25) is 0 Å². The van der Waals surface area contributed by atoms with Crippen molar-refractivity contribution in [3.05, 3.63) is 34.3 Å². The highest BCUT2D eigenvalue weighted by atomic mass is 79.9. The average molecular weight is 354 g/mol. The van der Waals surface area contributed by atoms with Crippen LogP contribution < -0.4 is 5.32 Å². The first-order valence-electron chi connectivity index (χ1n) is 8.30. The van der Waals surface area contributed by atoms with E-state index < -0.39 is 0 Å². The van der Waals surface area contributed by atoms with Crippen molar-refractivity contribution < 1.29 is 4.74 Å². The van der Waals surface area contributed by atoms with Gasteiger partial charge in [0.15, 0.2) is 0 Å². The van der Waals surface area contributed by atoms with Crippen LogP contribution in [0, 0.1) is 5.92 Å². The van der Waals surface area contributed by atoms with Crippen LogP contribution in [0.15, 0.2) is 28.7 Å². The summed E-state index contributed by atoms with van der Waals surface area (Å²) in [4.78, 5) is 0. The molecule has 0 radical (unpaired) electrons. The Hall–Kier alpha value is -0.380. The predicted octanol–water partition coefficient (Wildman–Crippen LogP) is 4.57. The molecule has 1 N–H and O–H groups in total. The minimum absolute atomic E-state index is 0.526. The Labute approximate surface area is 137 Å². The Bertz CT molecular complexity index is 417. The summed E-state index contributed by atoms with van der Waals surface area (Å²) in [7, 11) is 0. The molecule has 21 heavy (non-hydrogen) atoms. The Kier molecular flexibility index (Phi) is 7.21. The van der Waals surface area contributed by atoms with Gasteiger partial charge in [0.2, 0.25) is 0 Å². The van der Waals surface area contributed by atoms with Crippen molar-refractivity contribution in [3.8, 4) is 0 Å². The summed E-state index contributed by atoms with van der Waals surface area (Å²) in [5.41, 5.74) is 1.42. The van der Waals surface area contributed by atoms with Gasteiger partial charge in [-0.1, -0.05) is 35.0 Å². The van der Waals surface area contributed by atoms with Gasteiger partial charge in [-0.2, -0.15) is 0 Å². The van der Waals surface area contributed by atoms with Crippen molar-refractivity contribution >= 4 is 15.9 Å². The van der Waals surface area contributed by atoms with Crippen LogP contribution in [0.5, 0.6) is 0 Å². The highest BCUT2D eigenvalue weighted by Crippen LogP contribution is 2.34. The first-order valence-corrected chi connectivity index (χ1v) is 9.10. The van der Waals surface area contributed by atoms with Crippen LogP contribution >= 0.6 is 15.9 Å². The van der Waals surface area contributed by atoms with E-state index >= 15 is 0 Å². The average Bonchev–Trinajstić information content (AvgIpc) is 2.42. The molecule has 0 bridgehead atoms. The Morgan fingerprint density at radius 3 is 2.81 bits per heavy atom. The van der Waals surface area contributed by atoms with Crippen LogP contribution in [-0.2, 0) is 11.2 Å². The summed E-state index contributed by atoms with van der Waals surface area (Å²) in [6.45, 7) is 6.29. The first kappa shape index (κ1) is 17.0. The van der Waals surface area contributed by atoms with E-state index in [1.54, 1.807) is 0 Å². The van der Waals surface area contributed by atoms with Crippen molar-refractivity contribution in [3.63, 3.8) is 0 Å². The molecule has 0 aliphatic heterocycles. The molecule has 3 heteroatoms. The number of rotatable bonds is 9. The fourth-order valence-corrected chi connectivity index (χ4v) is 3.62. The third kappa shape index (κ3) is 5.72. The molecule has 2 nitrogen and oxygen atoms in total. The summed E-state index contributed by atoms with van der Waals surface area (Å²) in [5, 5.41) is 3.73. The maximum Gasteiger partial charge on any atom is 0.0580 e. The van der Waals surface area contributed by atoms with E-state index in [0.717, 1.165) is 25.5 Å². The molecule has 0 heterocycles. The smallest absolute Gasteiger partial charge is 0.0580 e. The lowest BCUT2D eigenvalue weighted by Crippen LogP contribution is -2.39. The van der Waals surface area contributed by atoms with Crippen LogP contribution in [-0.4, -0.2) is 25.3 Å². The molecule has 1 aromatic carbocycles. The van der Waals surface area contributed by atoms with Crippen LogP contribution in [0.3, 0.4) is 0 Å². The summed E-state index contributed by atoms with van der Waals surface area (Å²) >= 11 is 3.57. The van der Waals surface area contributed by atoms with Gasteiger partial charge in [0.05, 0.1) is 6.10 Å². The van der Waals surface area contributed by atoms with E-state index in [1.807, 2.05) is 0 Å². The van der Waals surface area contributed by atoms with Gasteiger partial charge in [-0.05, 0) is 69.2 Å². The molecule has 1 unspecified atom stereocenters. The topological polar surface area (TPSA) is 21.3 Å². The van der Waals surface area contributed by atoms with Gasteiger partial charge < -0.3 is 10.1 Å². The van der Waals surface area contributed by atoms with E-state index in [4.69, 9.17) is 4.74 Å². The molecule has 1 fully saturated rings. The molecule has 1 aromatic rings. The summed E-state index contributed by atoms with van der Waals surface area (Å²) in [5.74, 6) is 0.836. The van der Waals surface area contributed by atoms with Crippen molar-refractivity contribution in [1.29, 1.82) is 0 Å². The summed E-state index contributed by atoms with van der Waals surface area (Å²) < 4.78 is 6.85. The van der Waals surface area contributed by atoms with E-state index in [-0.39, 0.29) is 0 Å². The number of halogens is 1. The largest absolute Gasteiger partial charge is 0.378 e. The lowest BCUT2D eigenvalue weighted by molar-refractivity contribution is -0.0290. The minimum Gasteiger partial charge on any atom is -0.378 e. The highest BCUT2D eigenvalue weighted by Gasteiger charge is 2.31. The number of nitrogens with one attached hydrogen (secondary N) is 1. The second-order valence-electron chi connectivity index (χ2n) is 6.14. The standard InChI is InChI=1S/C18H28BrNO/c1-3-8-20-17(10-14-6-5-7-16(19)9-14)11-15-12-18(13-15)21-4-2/h5-7,9,15,17-18,20H,3-4,8,10-13H2,1-2H3. The monoisotopic (exact) mass is 353 g/mol. The van der Waals surface area contributed by atoms with Gasteiger partial charge in [0.1, 0.15) is 0 Å². The molecule has 1 aliphatic rings. The third-order valence-corrected chi connectivity index (χ3v) is 4.76. The van der Waals surface area contributed by atoms with E-state index in [1.165, 1.54) is 35.7 Å². The van der Waals surface area contributed by atoms with Gasteiger partial charge in [-0.25, -0.2) is 0 Å². The van der Waals surface area contributed by atoms with Gasteiger partial charge >= 0.3 is 0 Å². The van der Waals surface area contributed by atoms with Gasteiger partial charge in [-0.15, -0.1) is 0 Å². The molecule has 118 valence electrons. The van der Waals surface area contributed by atoms with Crippen LogP contribution in [0.4, 0.5) is 0 Å². The van der Waals surface area contributed by atoms with E-state index in [9.17, 15) is 0 Å². The van der Waals surface area contributed by atoms with Crippen molar-refractivity contribution in [2.45, 2.75) is 58.1 Å². The quantitative estimate of drug-likeness (QED) is 0.702. The third-order valence-electron chi connectivity index (χ3n) is 4.27. The van der Waals surface area contributed by atoms with Crippen LogP contribution in [0.1, 0.15) is 45.1 Å². The van der Waals surface area contributed by atoms with Gasteiger partial charge in [0, 0.05) is 17.1 Å². The molecule has 1 aliphatic carbocycles. The van der Waals surface area contributed by atoms with Crippen LogP contribution in [0.25, 0.3) is 0 Å². The molecule has 0 aromatic heterocycles. The molecule has 1 atom stereocenters. The molecule has 0 amide bonds.